The maximum atomic E-state index is 13.0. The molecule has 28 heavy (non-hydrogen) atoms. The molecule has 1 aromatic carbocycles. The molecule has 0 aliphatic carbocycles. The van der Waals surface area contributed by atoms with Gasteiger partial charge in [-0.05, 0) is 43.0 Å². The Morgan fingerprint density at radius 3 is 2.79 bits per heavy atom. The van der Waals surface area contributed by atoms with E-state index in [1.807, 2.05) is 23.6 Å². The molecule has 4 rings (SSSR count). The first-order valence-corrected chi connectivity index (χ1v) is 10.3. The molecule has 2 unspecified atom stereocenters. The van der Waals surface area contributed by atoms with Crippen molar-refractivity contribution in [3.05, 3.63) is 81.9 Å². The molecule has 2 aromatic heterocycles. The third kappa shape index (κ3) is 3.93. The number of amides is 1. The molecule has 5 nitrogen and oxygen atoms in total. The number of furan rings is 1. The molecule has 1 N–H and O–H groups in total. The summed E-state index contributed by atoms with van der Waals surface area (Å²) < 4.78 is 5.60. The predicted octanol–water partition coefficient (Wildman–Crippen LogP) is 4.68. The van der Waals surface area contributed by atoms with Gasteiger partial charge in [0.15, 0.2) is 0 Å². The Kier molecular flexibility index (Phi) is 5.41. The van der Waals surface area contributed by atoms with Crippen molar-refractivity contribution < 1.29 is 9.21 Å². The van der Waals surface area contributed by atoms with Crippen LogP contribution in [0.25, 0.3) is 0 Å². The molecule has 0 saturated carbocycles. The number of rotatable bonds is 6. The minimum Gasteiger partial charge on any atom is -0.467 e. The Labute approximate surface area is 168 Å². The number of benzene rings is 1. The van der Waals surface area contributed by atoms with Crippen LogP contribution in [-0.2, 0) is 4.79 Å². The molecule has 144 valence electrons. The maximum absolute atomic E-state index is 13.0. The number of thiophene rings is 1. The molecule has 6 heteroatoms. The molecule has 1 aliphatic rings. The highest BCUT2D eigenvalue weighted by atomic mass is 32.1. The Morgan fingerprint density at radius 1 is 1.29 bits per heavy atom. The van der Waals surface area contributed by atoms with Gasteiger partial charge >= 0.3 is 0 Å². The first-order chi connectivity index (χ1) is 13.6. The summed E-state index contributed by atoms with van der Waals surface area (Å²) in [5.74, 6) is 0.692. The zero-order valence-corrected chi connectivity index (χ0v) is 16.8. The summed E-state index contributed by atoms with van der Waals surface area (Å²) in [6, 6.07) is 16.0. The smallest absolute Gasteiger partial charge is 0.257 e. The molecule has 0 fully saturated rings. The van der Waals surface area contributed by atoms with Gasteiger partial charge in [0, 0.05) is 17.3 Å². The second-order valence-corrected chi connectivity index (χ2v) is 7.98. The van der Waals surface area contributed by atoms with E-state index in [9.17, 15) is 4.79 Å². The van der Waals surface area contributed by atoms with E-state index in [1.54, 1.807) is 22.6 Å². The Balaban J connectivity index is 1.52. The normalized spacial score (nSPS) is 17.6. The van der Waals surface area contributed by atoms with E-state index in [2.05, 4.69) is 54.6 Å². The van der Waals surface area contributed by atoms with Crippen LogP contribution in [0.5, 0.6) is 0 Å². The molecule has 3 aromatic rings. The molecular weight excluding hydrogens is 370 g/mol. The fourth-order valence-electron chi connectivity index (χ4n) is 3.32. The van der Waals surface area contributed by atoms with Crippen LogP contribution in [0.3, 0.4) is 0 Å². The second kappa shape index (κ2) is 8.12. The quantitative estimate of drug-likeness (QED) is 0.662. The maximum Gasteiger partial charge on any atom is 0.257 e. The summed E-state index contributed by atoms with van der Waals surface area (Å²) in [4.78, 5) is 14.2. The first-order valence-electron chi connectivity index (χ1n) is 9.38. The van der Waals surface area contributed by atoms with E-state index in [-0.39, 0.29) is 24.5 Å². The SMILES string of the molecule is Cc1ccc(C2=NN(C(=O)CNC(C)c3cccs3)C(c3ccco3)C2)cc1. The lowest BCUT2D eigenvalue weighted by Gasteiger charge is -2.21. The van der Waals surface area contributed by atoms with Crippen LogP contribution in [0.15, 0.2) is 69.7 Å². The standard InChI is InChI=1S/C22H23N3O2S/c1-15-7-9-17(10-8-15)18-13-19(20-5-3-11-27-20)25(24-18)22(26)14-23-16(2)21-6-4-12-28-21/h3-12,16,19,23H,13-14H2,1-2H3. The van der Waals surface area contributed by atoms with Gasteiger partial charge in [-0.1, -0.05) is 35.9 Å². The van der Waals surface area contributed by atoms with E-state index in [1.165, 1.54) is 10.4 Å². The summed E-state index contributed by atoms with van der Waals surface area (Å²) in [7, 11) is 0. The third-order valence-electron chi connectivity index (χ3n) is 4.95. The molecular formula is C22H23N3O2S. The molecule has 0 bridgehead atoms. The van der Waals surface area contributed by atoms with Crippen LogP contribution in [0.1, 0.15) is 47.2 Å². The van der Waals surface area contributed by atoms with Crippen LogP contribution < -0.4 is 5.32 Å². The van der Waals surface area contributed by atoms with Crippen molar-refractivity contribution in [2.24, 2.45) is 5.10 Å². The van der Waals surface area contributed by atoms with Crippen molar-refractivity contribution >= 4 is 23.0 Å². The van der Waals surface area contributed by atoms with E-state index in [0.29, 0.717) is 6.42 Å². The molecule has 1 amide bonds. The third-order valence-corrected chi connectivity index (χ3v) is 6.01. The van der Waals surface area contributed by atoms with Crippen LogP contribution >= 0.6 is 11.3 Å². The van der Waals surface area contributed by atoms with Crippen molar-refractivity contribution in [3.8, 4) is 0 Å². The molecule has 1 aliphatic heterocycles. The van der Waals surface area contributed by atoms with Crippen molar-refractivity contribution in [3.63, 3.8) is 0 Å². The highest BCUT2D eigenvalue weighted by Gasteiger charge is 2.34. The van der Waals surface area contributed by atoms with Crippen molar-refractivity contribution in [1.82, 2.24) is 10.3 Å². The lowest BCUT2D eigenvalue weighted by molar-refractivity contribution is -0.132. The molecule has 3 heterocycles. The summed E-state index contributed by atoms with van der Waals surface area (Å²) in [5, 5.41) is 11.6. The monoisotopic (exact) mass is 393 g/mol. The largest absolute Gasteiger partial charge is 0.467 e. The average Bonchev–Trinajstić information content (AvgIpc) is 3.47. The number of hydrazone groups is 1. The molecule has 2 atom stereocenters. The van der Waals surface area contributed by atoms with Gasteiger partial charge in [-0.3, -0.25) is 4.79 Å². The zero-order valence-electron chi connectivity index (χ0n) is 16.0. The van der Waals surface area contributed by atoms with Gasteiger partial charge < -0.3 is 9.73 Å². The topological polar surface area (TPSA) is 57.8 Å². The van der Waals surface area contributed by atoms with Crippen LogP contribution in [-0.4, -0.2) is 23.2 Å². The van der Waals surface area contributed by atoms with E-state index in [0.717, 1.165) is 17.0 Å². The Hall–Kier alpha value is -2.70. The summed E-state index contributed by atoms with van der Waals surface area (Å²) >= 11 is 1.68. The van der Waals surface area contributed by atoms with Gasteiger partial charge in [0.05, 0.1) is 18.5 Å². The lowest BCUT2D eigenvalue weighted by Crippen LogP contribution is -2.36. The van der Waals surface area contributed by atoms with Gasteiger partial charge in [0.1, 0.15) is 11.8 Å². The fraction of sp³-hybridized carbons (Fsp3) is 0.273. The van der Waals surface area contributed by atoms with Gasteiger partial charge in [-0.2, -0.15) is 5.10 Å². The van der Waals surface area contributed by atoms with Crippen LogP contribution in [0.2, 0.25) is 0 Å². The van der Waals surface area contributed by atoms with E-state index in [4.69, 9.17) is 4.42 Å². The minimum atomic E-state index is -0.211. The number of carbonyl (C=O) groups excluding carboxylic acids is 1. The molecule has 0 saturated heterocycles. The summed E-state index contributed by atoms with van der Waals surface area (Å²) in [6.07, 6.45) is 2.28. The van der Waals surface area contributed by atoms with Gasteiger partial charge in [0.2, 0.25) is 0 Å². The number of nitrogens with one attached hydrogen (secondary N) is 1. The van der Waals surface area contributed by atoms with Gasteiger partial charge in [0.25, 0.3) is 5.91 Å². The Morgan fingerprint density at radius 2 is 2.11 bits per heavy atom. The minimum absolute atomic E-state index is 0.0630. The van der Waals surface area contributed by atoms with Crippen LogP contribution in [0, 0.1) is 6.92 Å². The van der Waals surface area contributed by atoms with Gasteiger partial charge in [-0.15, -0.1) is 11.3 Å². The number of carbonyl (C=O) groups is 1. The number of hydrogen-bond acceptors (Lipinski definition) is 5. The summed E-state index contributed by atoms with van der Waals surface area (Å²) in [6.45, 7) is 4.34. The highest BCUT2D eigenvalue weighted by molar-refractivity contribution is 7.10. The number of hydrogen-bond donors (Lipinski definition) is 1. The lowest BCUT2D eigenvalue weighted by atomic mass is 10.0. The van der Waals surface area contributed by atoms with Crippen molar-refractivity contribution in [2.75, 3.05) is 6.54 Å². The van der Waals surface area contributed by atoms with E-state index < -0.39 is 0 Å². The Bertz CT molecular complexity index is 946. The summed E-state index contributed by atoms with van der Waals surface area (Å²) in [5.41, 5.74) is 3.14. The van der Waals surface area contributed by atoms with Crippen LogP contribution in [0.4, 0.5) is 0 Å². The molecule has 0 radical (unpaired) electrons. The number of aryl methyl sites for hydroxylation is 1. The predicted molar refractivity (Wildman–Crippen MR) is 111 cm³/mol. The number of nitrogens with zero attached hydrogens (tertiary/aromatic N) is 2. The fourth-order valence-corrected chi connectivity index (χ4v) is 4.08. The van der Waals surface area contributed by atoms with E-state index >= 15 is 0 Å². The van der Waals surface area contributed by atoms with Crippen molar-refractivity contribution in [1.29, 1.82) is 0 Å². The highest BCUT2D eigenvalue weighted by Crippen LogP contribution is 2.33. The van der Waals surface area contributed by atoms with Crippen molar-refractivity contribution in [2.45, 2.75) is 32.4 Å². The first kappa shape index (κ1) is 18.7. The van der Waals surface area contributed by atoms with Gasteiger partial charge in [-0.25, -0.2) is 5.01 Å². The molecule has 0 spiro atoms. The zero-order chi connectivity index (χ0) is 19.5. The average molecular weight is 394 g/mol. The second-order valence-electron chi connectivity index (χ2n) is 7.00.